The molecule has 23 heavy (non-hydrogen) atoms. The molecule has 6 nitrogen and oxygen atoms in total. The first-order valence-electron chi connectivity index (χ1n) is 8.46. The van der Waals surface area contributed by atoms with Crippen LogP contribution >= 0.6 is 0 Å². The van der Waals surface area contributed by atoms with Gasteiger partial charge in [0.25, 0.3) is 0 Å². The fraction of sp³-hybridized carbons (Fsp3) is 0.941. The lowest BCUT2D eigenvalue weighted by molar-refractivity contribution is -0.0785. The third-order valence-corrected chi connectivity index (χ3v) is 4.42. The van der Waals surface area contributed by atoms with Crippen molar-refractivity contribution in [3.8, 4) is 0 Å². The van der Waals surface area contributed by atoms with Gasteiger partial charge in [0.15, 0.2) is 0 Å². The fourth-order valence-corrected chi connectivity index (χ4v) is 2.74. The number of nitrogens with one attached hydrogen (secondary N) is 2. The summed E-state index contributed by atoms with van der Waals surface area (Å²) < 4.78 is 10.5. The molecular weight excluding hydrogens is 296 g/mol. The summed E-state index contributed by atoms with van der Waals surface area (Å²) in [6.45, 7) is 10.9. The molecule has 0 saturated heterocycles. The first kappa shape index (κ1) is 20.2. The molecule has 6 heteroatoms. The summed E-state index contributed by atoms with van der Waals surface area (Å²) in [6, 6.07) is 0.522. The molecule has 1 fully saturated rings. The van der Waals surface area contributed by atoms with Crippen LogP contribution in [0.15, 0.2) is 0 Å². The average molecular weight is 330 g/mol. The van der Waals surface area contributed by atoms with Crippen molar-refractivity contribution in [2.45, 2.75) is 77.7 Å². The van der Waals surface area contributed by atoms with E-state index in [1.165, 1.54) is 0 Å². The van der Waals surface area contributed by atoms with Crippen LogP contribution in [0.2, 0.25) is 0 Å². The van der Waals surface area contributed by atoms with E-state index in [9.17, 15) is 9.90 Å². The molecule has 1 rings (SSSR count). The molecule has 136 valence electrons. The number of hydrogen-bond donors (Lipinski definition) is 3. The van der Waals surface area contributed by atoms with E-state index in [1.807, 2.05) is 20.8 Å². The van der Waals surface area contributed by atoms with E-state index in [-0.39, 0.29) is 23.7 Å². The predicted molar refractivity (Wildman–Crippen MR) is 90.5 cm³/mol. The number of carbonyl (C=O) groups excluding carboxylic acids is 1. The van der Waals surface area contributed by atoms with Crippen molar-refractivity contribution in [1.29, 1.82) is 0 Å². The number of rotatable bonds is 8. The molecule has 0 aromatic carbocycles. The Morgan fingerprint density at radius 1 is 1.39 bits per heavy atom. The summed E-state index contributed by atoms with van der Waals surface area (Å²) in [6.07, 6.45) is 1.90. The van der Waals surface area contributed by atoms with E-state index < -0.39 is 5.60 Å². The number of aliphatic hydroxyl groups is 1. The smallest absolute Gasteiger partial charge is 0.407 e. The van der Waals surface area contributed by atoms with Gasteiger partial charge in [0.1, 0.15) is 5.60 Å². The molecule has 0 radical (unpaired) electrons. The van der Waals surface area contributed by atoms with E-state index in [4.69, 9.17) is 9.47 Å². The number of methoxy groups -OCH3 is 1. The summed E-state index contributed by atoms with van der Waals surface area (Å²) in [5.41, 5.74) is -0.568. The molecule has 0 aromatic heterocycles. The molecule has 1 aliphatic rings. The molecule has 1 saturated carbocycles. The summed E-state index contributed by atoms with van der Waals surface area (Å²) in [5, 5.41) is 16.2. The van der Waals surface area contributed by atoms with Crippen molar-refractivity contribution in [1.82, 2.24) is 10.6 Å². The minimum absolute atomic E-state index is 0.0965. The van der Waals surface area contributed by atoms with Gasteiger partial charge in [0.2, 0.25) is 0 Å². The predicted octanol–water partition coefficient (Wildman–Crippen LogP) is 2.06. The lowest BCUT2D eigenvalue weighted by atomic mass is 9.64. The third-order valence-electron chi connectivity index (χ3n) is 4.42. The zero-order valence-corrected chi connectivity index (χ0v) is 15.4. The van der Waals surface area contributed by atoms with Crippen molar-refractivity contribution in [3.05, 3.63) is 0 Å². The molecule has 3 atom stereocenters. The number of hydrogen-bond acceptors (Lipinski definition) is 5. The Kier molecular flexibility index (Phi) is 7.29. The van der Waals surface area contributed by atoms with Crippen molar-refractivity contribution in [2.24, 2.45) is 5.41 Å². The largest absolute Gasteiger partial charge is 0.444 e. The van der Waals surface area contributed by atoms with Gasteiger partial charge in [-0.2, -0.15) is 0 Å². The van der Waals surface area contributed by atoms with Crippen LogP contribution < -0.4 is 10.6 Å². The normalized spacial score (nSPS) is 24.7. The van der Waals surface area contributed by atoms with Crippen LogP contribution in [-0.2, 0) is 9.47 Å². The zero-order chi connectivity index (χ0) is 17.7. The molecule has 1 aliphatic carbocycles. The summed E-state index contributed by atoms with van der Waals surface area (Å²) >= 11 is 0. The fourth-order valence-electron chi connectivity index (χ4n) is 2.74. The van der Waals surface area contributed by atoms with Gasteiger partial charge in [-0.3, -0.25) is 0 Å². The van der Waals surface area contributed by atoms with E-state index in [1.54, 1.807) is 7.11 Å². The number of alkyl carbamates (subject to hydrolysis) is 1. The summed E-state index contributed by atoms with van der Waals surface area (Å²) in [7, 11) is 1.69. The van der Waals surface area contributed by atoms with Gasteiger partial charge < -0.3 is 25.2 Å². The van der Waals surface area contributed by atoms with Gasteiger partial charge in [-0.25, -0.2) is 4.79 Å². The van der Waals surface area contributed by atoms with Gasteiger partial charge in [0.05, 0.1) is 12.7 Å². The van der Waals surface area contributed by atoms with Crippen LogP contribution in [-0.4, -0.2) is 55.2 Å². The highest BCUT2D eigenvalue weighted by Crippen LogP contribution is 2.40. The lowest BCUT2D eigenvalue weighted by Crippen LogP contribution is -2.62. The highest BCUT2D eigenvalue weighted by molar-refractivity contribution is 5.67. The second-order valence-electron chi connectivity index (χ2n) is 8.02. The molecule has 0 heterocycles. The van der Waals surface area contributed by atoms with E-state index in [0.29, 0.717) is 19.2 Å². The summed E-state index contributed by atoms with van der Waals surface area (Å²) in [4.78, 5) is 11.6. The van der Waals surface area contributed by atoms with Gasteiger partial charge in [-0.05, 0) is 40.0 Å². The van der Waals surface area contributed by atoms with Gasteiger partial charge in [-0.15, -0.1) is 0 Å². The highest BCUT2D eigenvalue weighted by atomic mass is 16.6. The lowest BCUT2D eigenvalue weighted by Gasteiger charge is -2.51. The number of carbonyl (C=O) groups is 1. The quantitative estimate of drug-likeness (QED) is 0.594. The molecule has 3 N–H and O–H groups in total. The highest BCUT2D eigenvalue weighted by Gasteiger charge is 2.47. The van der Waals surface area contributed by atoms with Crippen LogP contribution in [0.5, 0.6) is 0 Å². The van der Waals surface area contributed by atoms with Crippen LogP contribution in [0.1, 0.15) is 53.9 Å². The molecule has 0 bridgehead atoms. The van der Waals surface area contributed by atoms with Crippen LogP contribution in [0, 0.1) is 5.41 Å². The maximum Gasteiger partial charge on any atom is 0.407 e. The van der Waals surface area contributed by atoms with Gasteiger partial charge in [0, 0.05) is 31.2 Å². The van der Waals surface area contributed by atoms with Crippen LogP contribution in [0.4, 0.5) is 4.79 Å². The third kappa shape index (κ3) is 6.65. The van der Waals surface area contributed by atoms with Gasteiger partial charge in [-0.1, -0.05) is 13.8 Å². The van der Waals surface area contributed by atoms with E-state index in [2.05, 4.69) is 24.5 Å². The minimum atomic E-state index is -0.471. The Bertz CT molecular complexity index is 379. The van der Waals surface area contributed by atoms with Crippen molar-refractivity contribution >= 4 is 6.09 Å². The number of amides is 1. The zero-order valence-electron chi connectivity index (χ0n) is 15.4. The first-order chi connectivity index (χ1) is 10.6. The molecular formula is C17H34N2O4. The second kappa shape index (κ2) is 8.31. The minimum Gasteiger partial charge on any atom is -0.444 e. The molecule has 0 aromatic rings. The van der Waals surface area contributed by atoms with E-state index >= 15 is 0 Å². The van der Waals surface area contributed by atoms with Crippen LogP contribution in [0.3, 0.4) is 0 Å². The topological polar surface area (TPSA) is 79.8 Å². The van der Waals surface area contributed by atoms with Crippen LogP contribution in [0.25, 0.3) is 0 Å². The second-order valence-corrected chi connectivity index (χ2v) is 8.02. The maximum absolute atomic E-state index is 11.6. The van der Waals surface area contributed by atoms with E-state index in [0.717, 1.165) is 19.3 Å². The molecule has 1 amide bonds. The van der Waals surface area contributed by atoms with Crippen molar-refractivity contribution < 1.29 is 19.4 Å². The Balaban J connectivity index is 2.27. The Hall–Kier alpha value is -0.850. The first-order valence-corrected chi connectivity index (χ1v) is 8.46. The molecule has 3 unspecified atom stereocenters. The molecule has 0 aliphatic heterocycles. The summed E-state index contributed by atoms with van der Waals surface area (Å²) in [5.74, 6) is 0. The Morgan fingerprint density at radius 3 is 2.52 bits per heavy atom. The molecule has 0 spiro atoms. The number of aliphatic hydroxyl groups excluding tert-OH is 1. The monoisotopic (exact) mass is 330 g/mol. The SMILES string of the molecule is COCC(CCCNC(=O)OC(C)(C)C)NC1CC(O)C1(C)C. The Labute approximate surface area is 140 Å². The Morgan fingerprint density at radius 2 is 2.04 bits per heavy atom. The maximum atomic E-state index is 11.6. The van der Waals surface area contributed by atoms with Gasteiger partial charge >= 0.3 is 6.09 Å². The van der Waals surface area contributed by atoms with Crippen molar-refractivity contribution in [3.63, 3.8) is 0 Å². The number of ether oxygens (including phenoxy) is 2. The average Bonchev–Trinajstić information content (AvgIpc) is 2.41. The standard InChI is InChI=1S/C17H34N2O4/c1-16(2,3)23-15(21)18-9-7-8-12(11-22-6)19-13-10-14(20)17(13,4)5/h12-14,19-20H,7-11H2,1-6H3,(H,18,21). The van der Waals surface area contributed by atoms with Crippen molar-refractivity contribution in [2.75, 3.05) is 20.3 Å².